The number of nitrogens with zero attached hydrogens (tertiary/aromatic N) is 1. The number of carbonyl (C=O) groups is 1. The molecule has 1 saturated carbocycles. The summed E-state index contributed by atoms with van der Waals surface area (Å²) in [6.45, 7) is 0. The summed E-state index contributed by atoms with van der Waals surface area (Å²) in [5, 5.41) is 10.4. The highest BCUT2D eigenvalue weighted by Crippen LogP contribution is 2.35. The number of thioether (sulfide) groups is 1. The summed E-state index contributed by atoms with van der Waals surface area (Å²) < 4.78 is 0. The van der Waals surface area contributed by atoms with Crippen molar-refractivity contribution in [2.24, 2.45) is 5.92 Å². The molecule has 0 aromatic carbocycles. The summed E-state index contributed by atoms with van der Waals surface area (Å²) in [6.07, 6.45) is 5.50. The molecule has 0 spiro atoms. The molecule has 1 aromatic heterocycles. The monoisotopic (exact) mass is 237 g/mol. The summed E-state index contributed by atoms with van der Waals surface area (Å²) in [5.41, 5.74) is 0. The Labute approximate surface area is 99.3 Å². The number of hydrogen-bond donors (Lipinski definition) is 1. The van der Waals surface area contributed by atoms with Gasteiger partial charge in [0.05, 0.1) is 10.9 Å². The third kappa shape index (κ3) is 2.98. The molecule has 0 bridgehead atoms. The maximum absolute atomic E-state index is 10.9. The minimum Gasteiger partial charge on any atom is -0.481 e. The van der Waals surface area contributed by atoms with Gasteiger partial charge in [0.2, 0.25) is 0 Å². The maximum Gasteiger partial charge on any atom is 0.306 e. The highest BCUT2D eigenvalue weighted by atomic mass is 32.2. The van der Waals surface area contributed by atoms with E-state index in [0.717, 1.165) is 30.7 Å². The van der Waals surface area contributed by atoms with Gasteiger partial charge in [0.1, 0.15) is 0 Å². The third-order valence-corrected chi connectivity index (χ3v) is 4.14. The molecule has 1 aliphatic rings. The van der Waals surface area contributed by atoms with Crippen molar-refractivity contribution >= 4 is 17.7 Å². The van der Waals surface area contributed by atoms with Gasteiger partial charge in [-0.3, -0.25) is 4.79 Å². The third-order valence-electron chi connectivity index (χ3n) is 2.90. The van der Waals surface area contributed by atoms with E-state index in [9.17, 15) is 4.79 Å². The molecule has 2 rings (SSSR count). The summed E-state index contributed by atoms with van der Waals surface area (Å²) in [6, 6.07) is 5.84. The first-order chi connectivity index (χ1) is 7.75. The molecular formula is C12H15NO2S. The van der Waals surface area contributed by atoms with Crippen molar-refractivity contribution in [1.82, 2.24) is 4.98 Å². The zero-order chi connectivity index (χ0) is 11.4. The Morgan fingerprint density at radius 1 is 1.44 bits per heavy atom. The normalized spacial score (nSPS) is 25.2. The fourth-order valence-corrected chi connectivity index (χ4v) is 3.30. The van der Waals surface area contributed by atoms with Gasteiger partial charge in [-0.05, 0) is 31.4 Å². The molecule has 1 fully saturated rings. The Morgan fingerprint density at radius 2 is 2.31 bits per heavy atom. The van der Waals surface area contributed by atoms with Crippen LogP contribution in [0.1, 0.15) is 25.7 Å². The predicted octanol–water partition coefficient (Wildman–Crippen LogP) is 2.82. The van der Waals surface area contributed by atoms with Crippen molar-refractivity contribution in [3.63, 3.8) is 0 Å². The van der Waals surface area contributed by atoms with E-state index in [2.05, 4.69) is 4.98 Å². The molecule has 2 atom stereocenters. The van der Waals surface area contributed by atoms with Crippen LogP contribution in [0.4, 0.5) is 0 Å². The van der Waals surface area contributed by atoms with Crippen LogP contribution in [0.25, 0.3) is 0 Å². The van der Waals surface area contributed by atoms with Crippen LogP contribution in [0, 0.1) is 5.92 Å². The molecular weight excluding hydrogens is 222 g/mol. The van der Waals surface area contributed by atoms with Crippen LogP contribution in [0.15, 0.2) is 29.4 Å². The van der Waals surface area contributed by atoms with Gasteiger partial charge in [-0.25, -0.2) is 4.98 Å². The topological polar surface area (TPSA) is 50.2 Å². The van der Waals surface area contributed by atoms with Crippen molar-refractivity contribution in [3.8, 4) is 0 Å². The fourth-order valence-electron chi connectivity index (χ4n) is 2.06. The number of pyridine rings is 1. The van der Waals surface area contributed by atoms with E-state index in [-0.39, 0.29) is 5.92 Å². The van der Waals surface area contributed by atoms with Crippen LogP contribution in [0.5, 0.6) is 0 Å². The first-order valence-electron chi connectivity index (χ1n) is 5.56. The molecule has 1 heterocycles. The van der Waals surface area contributed by atoms with Crippen LogP contribution in [-0.4, -0.2) is 21.3 Å². The summed E-state index contributed by atoms with van der Waals surface area (Å²) >= 11 is 1.71. The smallest absolute Gasteiger partial charge is 0.306 e. The lowest BCUT2D eigenvalue weighted by atomic mass is 9.89. The van der Waals surface area contributed by atoms with E-state index in [1.807, 2.05) is 18.2 Å². The first-order valence-corrected chi connectivity index (χ1v) is 6.44. The zero-order valence-corrected chi connectivity index (χ0v) is 9.82. The molecule has 0 unspecified atom stereocenters. The molecule has 0 radical (unpaired) electrons. The largest absolute Gasteiger partial charge is 0.481 e. The van der Waals surface area contributed by atoms with Gasteiger partial charge in [0.15, 0.2) is 0 Å². The van der Waals surface area contributed by atoms with Crippen molar-refractivity contribution in [2.75, 3.05) is 0 Å². The van der Waals surface area contributed by atoms with Crippen LogP contribution >= 0.6 is 11.8 Å². The van der Waals surface area contributed by atoms with E-state index in [1.165, 1.54) is 0 Å². The number of hydrogen-bond acceptors (Lipinski definition) is 3. The molecule has 0 aliphatic heterocycles. The van der Waals surface area contributed by atoms with Gasteiger partial charge < -0.3 is 5.11 Å². The highest BCUT2D eigenvalue weighted by molar-refractivity contribution is 7.99. The number of aliphatic carboxylic acids is 1. The lowest BCUT2D eigenvalue weighted by Crippen LogP contribution is -2.23. The second kappa shape index (κ2) is 5.34. The van der Waals surface area contributed by atoms with Crippen molar-refractivity contribution in [2.45, 2.75) is 36.0 Å². The Balaban J connectivity index is 1.93. The minimum atomic E-state index is -0.647. The molecule has 1 N–H and O–H groups in total. The van der Waals surface area contributed by atoms with E-state index < -0.39 is 5.97 Å². The van der Waals surface area contributed by atoms with Gasteiger partial charge in [0.25, 0.3) is 0 Å². The van der Waals surface area contributed by atoms with Crippen LogP contribution in [0.3, 0.4) is 0 Å². The molecule has 0 amide bonds. The number of aromatic nitrogens is 1. The van der Waals surface area contributed by atoms with E-state index in [1.54, 1.807) is 18.0 Å². The Hall–Kier alpha value is -1.03. The molecule has 16 heavy (non-hydrogen) atoms. The van der Waals surface area contributed by atoms with Crippen molar-refractivity contribution in [1.29, 1.82) is 0 Å². The minimum absolute atomic E-state index is 0.157. The average molecular weight is 237 g/mol. The highest BCUT2D eigenvalue weighted by Gasteiger charge is 2.27. The number of carboxylic acid groups (broad SMARTS) is 1. The quantitative estimate of drug-likeness (QED) is 0.878. The average Bonchev–Trinajstić information content (AvgIpc) is 2.30. The van der Waals surface area contributed by atoms with Gasteiger partial charge in [0, 0.05) is 11.4 Å². The standard InChI is InChI=1S/C12H15NO2S/c14-12(15)9-4-3-5-10(8-9)16-11-6-1-2-7-13-11/h1-2,6-7,9-10H,3-5,8H2,(H,14,15)/t9-,10-/m1/s1. The molecule has 0 saturated heterocycles. The van der Waals surface area contributed by atoms with E-state index in [4.69, 9.17) is 5.11 Å². The predicted molar refractivity (Wildman–Crippen MR) is 63.5 cm³/mol. The van der Waals surface area contributed by atoms with E-state index in [0.29, 0.717) is 5.25 Å². The second-order valence-electron chi connectivity index (χ2n) is 4.11. The van der Waals surface area contributed by atoms with Crippen molar-refractivity contribution < 1.29 is 9.90 Å². The maximum atomic E-state index is 10.9. The van der Waals surface area contributed by atoms with Gasteiger partial charge in [-0.1, -0.05) is 12.5 Å². The summed E-state index contributed by atoms with van der Waals surface area (Å²) in [5.74, 6) is -0.804. The molecule has 1 aromatic rings. The van der Waals surface area contributed by atoms with Crippen molar-refractivity contribution in [3.05, 3.63) is 24.4 Å². The molecule has 1 aliphatic carbocycles. The van der Waals surface area contributed by atoms with Crippen LogP contribution in [-0.2, 0) is 4.79 Å². The van der Waals surface area contributed by atoms with Crippen LogP contribution < -0.4 is 0 Å². The Bertz CT molecular complexity index is 355. The van der Waals surface area contributed by atoms with Crippen LogP contribution in [0.2, 0.25) is 0 Å². The number of rotatable bonds is 3. The lowest BCUT2D eigenvalue weighted by molar-refractivity contribution is -0.142. The number of carboxylic acids is 1. The molecule has 4 heteroatoms. The molecule has 86 valence electrons. The van der Waals surface area contributed by atoms with Gasteiger partial charge in [-0.2, -0.15) is 0 Å². The Kier molecular flexibility index (Phi) is 3.83. The Morgan fingerprint density at radius 3 is 3.00 bits per heavy atom. The summed E-state index contributed by atoms with van der Waals surface area (Å²) in [7, 11) is 0. The summed E-state index contributed by atoms with van der Waals surface area (Å²) in [4.78, 5) is 15.2. The SMILES string of the molecule is O=C(O)[C@@H]1CCC[C@@H](Sc2ccccn2)C1. The fraction of sp³-hybridized carbons (Fsp3) is 0.500. The second-order valence-corrected chi connectivity index (χ2v) is 5.43. The van der Waals surface area contributed by atoms with Gasteiger partial charge >= 0.3 is 5.97 Å². The van der Waals surface area contributed by atoms with E-state index >= 15 is 0 Å². The van der Waals surface area contributed by atoms with Gasteiger partial charge in [-0.15, -0.1) is 11.8 Å². The first kappa shape index (κ1) is 11.5. The molecule has 3 nitrogen and oxygen atoms in total. The lowest BCUT2D eigenvalue weighted by Gasteiger charge is -2.25. The zero-order valence-electron chi connectivity index (χ0n) is 9.00.